The molecule has 0 heterocycles. The molecule has 0 saturated heterocycles. The lowest BCUT2D eigenvalue weighted by Crippen LogP contribution is -2.51. The standard InChI is InChI=1S/C9H15FN2O2/c1-2-5-9(10,11)7(13)8(14)12-6-3-4-6/h6H,2-5,11H2,1H3,(H,12,14)/t9-/m0/s1. The summed E-state index contributed by atoms with van der Waals surface area (Å²) >= 11 is 0. The van der Waals surface area contributed by atoms with Gasteiger partial charge in [-0.3, -0.25) is 15.3 Å². The van der Waals surface area contributed by atoms with Gasteiger partial charge in [-0.25, -0.2) is 4.39 Å². The highest BCUT2D eigenvalue weighted by atomic mass is 19.1. The van der Waals surface area contributed by atoms with Gasteiger partial charge < -0.3 is 5.32 Å². The summed E-state index contributed by atoms with van der Waals surface area (Å²) in [5.74, 6) is -4.56. The van der Waals surface area contributed by atoms with Crippen molar-refractivity contribution in [2.75, 3.05) is 0 Å². The van der Waals surface area contributed by atoms with Gasteiger partial charge in [0.1, 0.15) is 0 Å². The zero-order chi connectivity index (χ0) is 10.8. The van der Waals surface area contributed by atoms with Crippen LogP contribution in [0.1, 0.15) is 32.6 Å². The fraction of sp³-hybridized carbons (Fsp3) is 0.778. The normalized spacial score (nSPS) is 19.9. The molecule has 4 nitrogen and oxygen atoms in total. The van der Waals surface area contributed by atoms with Crippen molar-refractivity contribution in [3.8, 4) is 0 Å². The monoisotopic (exact) mass is 202 g/mol. The summed E-state index contributed by atoms with van der Waals surface area (Å²) in [5.41, 5.74) is 5.09. The minimum Gasteiger partial charge on any atom is -0.347 e. The Morgan fingerprint density at radius 3 is 2.57 bits per heavy atom. The average molecular weight is 202 g/mol. The van der Waals surface area contributed by atoms with E-state index < -0.39 is 17.5 Å². The molecule has 0 spiro atoms. The molecule has 0 aromatic heterocycles. The zero-order valence-corrected chi connectivity index (χ0v) is 8.18. The number of Topliss-reactive ketones (excluding diaryl/α,β-unsaturated/α-hetero) is 1. The van der Waals surface area contributed by atoms with E-state index >= 15 is 0 Å². The summed E-state index contributed by atoms with van der Waals surface area (Å²) < 4.78 is 13.4. The van der Waals surface area contributed by atoms with Crippen LogP contribution < -0.4 is 11.1 Å². The molecule has 1 aliphatic rings. The van der Waals surface area contributed by atoms with E-state index in [2.05, 4.69) is 5.32 Å². The van der Waals surface area contributed by atoms with Crippen LogP contribution >= 0.6 is 0 Å². The van der Waals surface area contributed by atoms with Crippen LogP contribution in [0.25, 0.3) is 0 Å². The van der Waals surface area contributed by atoms with Crippen molar-refractivity contribution in [1.29, 1.82) is 0 Å². The van der Waals surface area contributed by atoms with Crippen LogP contribution in [0.15, 0.2) is 0 Å². The van der Waals surface area contributed by atoms with Gasteiger partial charge in [0.25, 0.3) is 11.7 Å². The zero-order valence-electron chi connectivity index (χ0n) is 8.18. The van der Waals surface area contributed by atoms with Crippen molar-refractivity contribution < 1.29 is 14.0 Å². The van der Waals surface area contributed by atoms with Crippen LogP contribution in [-0.2, 0) is 9.59 Å². The van der Waals surface area contributed by atoms with Crippen LogP contribution in [0.2, 0.25) is 0 Å². The molecule has 0 radical (unpaired) electrons. The van der Waals surface area contributed by atoms with Gasteiger partial charge in [0.15, 0.2) is 0 Å². The summed E-state index contributed by atoms with van der Waals surface area (Å²) in [6, 6.07) is 0.0453. The van der Waals surface area contributed by atoms with E-state index in [1.54, 1.807) is 6.92 Å². The van der Waals surface area contributed by atoms with Gasteiger partial charge >= 0.3 is 0 Å². The van der Waals surface area contributed by atoms with E-state index in [-0.39, 0.29) is 12.5 Å². The fourth-order valence-electron chi connectivity index (χ4n) is 1.14. The maximum atomic E-state index is 13.4. The SMILES string of the molecule is CCC[C@@](N)(F)C(=O)C(=O)NC1CC1. The third kappa shape index (κ3) is 2.77. The van der Waals surface area contributed by atoms with E-state index in [0.717, 1.165) is 12.8 Å². The minimum atomic E-state index is -2.51. The molecule has 80 valence electrons. The number of rotatable bonds is 5. The van der Waals surface area contributed by atoms with Gasteiger partial charge in [0.2, 0.25) is 5.79 Å². The molecule has 14 heavy (non-hydrogen) atoms. The predicted molar refractivity (Wildman–Crippen MR) is 49.1 cm³/mol. The van der Waals surface area contributed by atoms with E-state index in [1.807, 2.05) is 0 Å². The van der Waals surface area contributed by atoms with Crippen LogP contribution in [0.3, 0.4) is 0 Å². The number of carbonyl (C=O) groups is 2. The summed E-state index contributed by atoms with van der Waals surface area (Å²) in [5, 5.41) is 2.41. The molecule has 1 fully saturated rings. The minimum absolute atomic E-state index is 0.0453. The highest BCUT2D eigenvalue weighted by Gasteiger charge is 2.39. The summed E-state index contributed by atoms with van der Waals surface area (Å²) in [4.78, 5) is 22.3. The summed E-state index contributed by atoms with van der Waals surface area (Å²) in [7, 11) is 0. The number of halogens is 1. The van der Waals surface area contributed by atoms with Gasteiger partial charge in [-0.15, -0.1) is 0 Å². The van der Waals surface area contributed by atoms with Crippen LogP contribution in [0, 0.1) is 0 Å². The number of hydrogen-bond acceptors (Lipinski definition) is 3. The maximum absolute atomic E-state index is 13.4. The smallest absolute Gasteiger partial charge is 0.292 e. The van der Waals surface area contributed by atoms with Crippen LogP contribution in [0.5, 0.6) is 0 Å². The predicted octanol–water partition coefficient (Wildman–Crippen LogP) is 0.259. The second-order valence-electron chi connectivity index (χ2n) is 3.69. The largest absolute Gasteiger partial charge is 0.347 e. The molecule has 1 atom stereocenters. The molecule has 1 aliphatic carbocycles. The molecule has 1 rings (SSSR count). The Labute approximate surface area is 82.0 Å². The molecule has 0 unspecified atom stereocenters. The van der Waals surface area contributed by atoms with Crippen molar-refractivity contribution in [3.05, 3.63) is 0 Å². The summed E-state index contributed by atoms with van der Waals surface area (Å²) in [6.45, 7) is 1.70. The Morgan fingerprint density at radius 2 is 2.14 bits per heavy atom. The molecule has 1 saturated carbocycles. The third-order valence-electron chi connectivity index (χ3n) is 2.11. The Bertz CT molecular complexity index is 249. The lowest BCUT2D eigenvalue weighted by Gasteiger charge is -2.16. The Hall–Kier alpha value is -0.970. The Kier molecular flexibility index (Phi) is 3.21. The maximum Gasteiger partial charge on any atom is 0.292 e. The fourth-order valence-corrected chi connectivity index (χ4v) is 1.14. The lowest BCUT2D eigenvalue weighted by molar-refractivity contribution is -0.145. The first-order valence-electron chi connectivity index (χ1n) is 4.80. The molecular formula is C9H15FN2O2. The Morgan fingerprint density at radius 1 is 1.57 bits per heavy atom. The highest BCUT2D eigenvalue weighted by Crippen LogP contribution is 2.19. The molecule has 1 amide bonds. The third-order valence-corrected chi connectivity index (χ3v) is 2.11. The van der Waals surface area contributed by atoms with Crippen molar-refractivity contribution in [3.63, 3.8) is 0 Å². The van der Waals surface area contributed by atoms with Crippen molar-refractivity contribution in [2.45, 2.75) is 44.4 Å². The molecule has 3 N–H and O–H groups in total. The average Bonchev–Trinajstić information content (AvgIpc) is 2.86. The van der Waals surface area contributed by atoms with Crippen molar-refractivity contribution in [2.24, 2.45) is 5.73 Å². The molecule has 0 bridgehead atoms. The number of carbonyl (C=O) groups excluding carboxylic acids is 2. The first kappa shape index (κ1) is 11.1. The number of ketones is 1. The number of alkyl halides is 1. The van der Waals surface area contributed by atoms with Gasteiger partial charge in [-0.05, 0) is 12.8 Å². The van der Waals surface area contributed by atoms with Gasteiger partial charge in [0.05, 0.1) is 0 Å². The first-order chi connectivity index (χ1) is 6.47. The molecular weight excluding hydrogens is 187 g/mol. The number of nitrogens with one attached hydrogen (secondary N) is 1. The van der Waals surface area contributed by atoms with Crippen molar-refractivity contribution in [1.82, 2.24) is 5.32 Å². The van der Waals surface area contributed by atoms with E-state index in [4.69, 9.17) is 5.73 Å². The molecule has 0 aliphatic heterocycles. The summed E-state index contributed by atoms with van der Waals surface area (Å²) in [6.07, 6.45) is 2.02. The topological polar surface area (TPSA) is 72.2 Å². The van der Waals surface area contributed by atoms with E-state index in [9.17, 15) is 14.0 Å². The van der Waals surface area contributed by atoms with Gasteiger partial charge in [0, 0.05) is 12.5 Å². The van der Waals surface area contributed by atoms with Gasteiger partial charge in [-0.2, -0.15) is 0 Å². The quantitative estimate of drug-likeness (QED) is 0.496. The molecule has 0 aromatic rings. The van der Waals surface area contributed by atoms with E-state index in [1.165, 1.54) is 0 Å². The molecule has 5 heteroatoms. The molecule has 0 aromatic carbocycles. The number of amides is 1. The lowest BCUT2D eigenvalue weighted by atomic mass is 10.1. The second kappa shape index (κ2) is 4.04. The second-order valence-corrected chi connectivity index (χ2v) is 3.69. The highest BCUT2D eigenvalue weighted by molar-refractivity contribution is 6.39. The van der Waals surface area contributed by atoms with Crippen molar-refractivity contribution >= 4 is 11.7 Å². The van der Waals surface area contributed by atoms with Gasteiger partial charge in [-0.1, -0.05) is 13.3 Å². The van der Waals surface area contributed by atoms with Crippen LogP contribution in [0.4, 0.5) is 4.39 Å². The first-order valence-corrected chi connectivity index (χ1v) is 4.80. The van der Waals surface area contributed by atoms with Crippen LogP contribution in [-0.4, -0.2) is 23.5 Å². The number of nitrogens with two attached hydrogens (primary N) is 1. The van der Waals surface area contributed by atoms with E-state index in [0.29, 0.717) is 6.42 Å². The Balaban J connectivity index is 2.48. The number of hydrogen-bond donors (Lipinski definition) is 2.